The van der Waals surface area contributed by atoms with Crippen LogP contribution in [0.4, 0.5) is 0 Å². The summed E-state index contributed by atoms with van der Waals surface area (Å²) in [6, 6.07) is 9.16. The van der Waals surface area contributed by atoms with Gasteiger partial charge < -0.3 is 14.2 Å². The molecule has 1 atom stereocenters. The van der Waals surface area contributed by atoms with E-state index in [2.05, 4.69) is 0 Å². The van der Waals surface area contributed by atoms with Crippen LogP contribution < -0.4 is 14.2 Å². The number of allylic oxidation sites excluding steroid dienone is 1. The summed E-state index contributed by atoms with van der Waals surface area (Å²) in [6.45, 7) is 2.69. The molecule has 162 valence electrons. The maximum absolute atomic E-state index is 13.1. The van der Waals surface area contributed by atoms with Crippen LogP contribution in [0.2, 0.25) is 0 Å². The van der Waals surface area contributed by atoms with Gasteiger partial charge in [-0.2, -0.15) is 0 Å². The number of carbonyl (C=O) groups is 1. The smallest absolute Gasteiger partial charge is 0.232 e. The predicted octanol–water partition coefficient (Wildman–Crippen LogP) is 2.96. The number of ketones is 1. The van der Waals surface area contributed by atoms with Crippen molar-refractivity contribution in [1.29, 1.82) is 0 Å². The lowest BCUT2D eigenvalue weighted by molar-refractivity contribution is 0.0633. The molecule has 1 fully saturated rings. The number of hydrogen-bond donors (Lipinski definition) is 0. The largest absolute Gasteiger partial charge is 0.497 e. The highest BCUT2D eigenvalue weighted by Crippen LogP contribution is 2.44. The number of methoxy groups -OCH3 is 1. The van der Waals surface area contributed by atoms with Gasteiger partial charge in [0.05, 0.1) is 29.7 Å². The minimum atomic E-state index is -3.00. The second-order valence-corrected chi connectivity index (χ2v) is 10.4. The SMILES string of the molecule is COc1ccc(/C=C2\Oc3c4c(cc(C)c3C2=O)OCN([C@H]2CCS(=O)(=O)C2)C4)cc1. The fraction of sp³-hybridized carbons (Fsp3) is 0.348. The molecule has 3 aliphatic heterocycles. The van der Waals surface area contributed by atoms with Crippen LogP contribution in [0.3, 0.4) is 0 Å². The molecule has 0 spiro atoms. The number of aryl methyl sites for hydroxylation is 1. The zero-order valence-corrected chi connectivity index (χ0v) is 18.2. The minimum Gasteiger partial charge on any atom is -0.497 e. The number of benzene rings is 2. The number of rotatable bonds is 3. The van der Waals surface area contributed by atoms with Crippen molar-refractivity contribution in [3.05, 3.63) is 58.3 Å². The average molecular weight is 442 g/mol. The Morgan fingerprint density at radius 3 is 2.68 bits per heavy atom. The number of carbonyl (C=O) groups excluding carboxylic acids is 1. The molecule has 31 heavy (non-hydrogen) atoms. The maximum atomic E-state index is 13.1. The Morgan fingerprint density at radius 1 is 1.23 bits per heavy atom. The fourth-order valence-electron chi connectivity index (χ4n) is 4.40. The number of hydrogen-bond acceptors (Lipinski definition) is 7. The van der Waals surface area contributed by atoms with Crippen LogP contribution in [0.1, 0.15) is 33.5 Å². The number of fused-ring (bicyclic) bond motifs is 3. The molecule has 0 N–H and O–H groups in total. The number of Topliss-reactive ketones (excluding diaryl/α,β-unsaturated/α-hetero) is 1. The Labute approximate surface area is 181 Å². The van der Waals surface area contributed by atoms with E-state index >= 15 is 0 Å². The van der Waals surface area contributed by atoms with Crippen molar-refractivity contribution in [2.75, 3.05) is 25.3 Å². The van der Waals surface area contributed by atoms with E-state index in [9.17, 15) is 13.2 Å². The van der Waals surface area contributed by atoms with E-state index in [-0.39, 0.29) is 29.1 Å². The van der Waals surface area contributed by atoms with Crippen molar-refractivity contribution in [2.45, 2.75) is 25.9 Å². The van der Waals surface area contributed by atoms with Gasteiger partial charge in [0.2, 0.25) is 5.78 Å². The maximum Gasteiger partial charge on any atom is 0.232 e. The topological polar surface area (TPSA) is 82.1 Å². The van der Waals surface area contributed by atoms with Gasteiger partial charge in [0.15, 0.2) is 15.6 Å². The van der Waals surface area contributed by atoms with Gasteiger partial charge in [-0.05, 0) is 48.7 Å². The van der Waals surface area contributed by atoms with Gasteiger partial charge in [0.1, 0.15) is 24.0 Å². The highest BCUT2D eigenvalue weighted by atomic mass is 32.2. The molecule has 0 unspecified atom stereocenters. The molecule has 2 aromatic rings. The summed E-state index contributed by atoms with van der Waals surface area (Å²) >= 11 is 0. The van der Waals surface area contributed by atoms with Gasteiger partial charge in [-0.1, -0.05) is 12.1 Å². The van der Waals surface area contributed by atoms with E-state index in [1.54, 1.807) is 13.2 Å². The van der Waals surface area contributed by atoms with E-state index in [1.807, 2.05) is 42.2 Å². The zero-order valence-electron chi connectivity index (χ0n) is 17.4. The molecular formula is C23H23NO6S. The zero-order chi connectivity index (χ0) is 21.8. The number of nitrogens with zero attached hydrogens (tertiary/aromatic N) is 1. The molecule has 3 aliphatic rings. The molecule has 0 bridgehead atoms. The normalized spacial score (nSPS) is 23.2. The van der Waals surface area contributed by atoms with E-state index in [4.69, 9.17) is 14.2 Å². The molecule has 1 saturated heterocycles. The first kappa shape index (κ1) is 20.1. The van der Waals surface area contributed by atoms with Gasteiger partial charge in [-0.25, -0.2) is 8.42 Å². The standard InChI is InChI=1S/C23H23NO6S/c1-14-9-19-18(11-24(13-29-19)16-7-8-31(26,27)12-16)23-21(14)22(25)20(30-23)10-15-3-5-17(28-2)6-4-15/h3-6,9-10,16H,7-8,11-13H2,1-2H3/b20-10-/t16-/m0/s1. The highest BCUT2D eigenvalue weighted by molar-refractivity contribution is 7.91. The van der Waals surface area contributed by atoms with Crippen LogP contribution in [0.15, 0.2) is 36.1 Å². The Balaban J connectivity index is 1.47. The molecule has 0 amide bonds. The quantitative estimate of drug-likeness (QED) is 0.678. The summed E-state index contributed by atoms with van der Waals surface area (Å²) in [7, 11) is -1.40. The van der Waals surface area contributed by atoms with Crippen LogP contribution >= 0.6 is 0 Å². The minimum absolute atomic E-state index is 0.0819. The van der Waals surface area contributed by atoms with Gasteiger partial charge in [0.25, 0.3) is 0 Å². The Kier molecular flexibility index (Phi) is 4.79. The third-order valence-electron chi connectivity index (χ3n) is 6.09. The summed E-state index contributed by atoms with van der Waals surface area (Å²) < 4.78 is 41.0. The van der Waals surface area contributed by atoms with E-state index in [0.717, 1.165) is 22.4 Å². The Bertz CT molecular complexity index is 1200. The monoisotopic (exact) mass is 441 g/mol. The van der Waals surface area contributed by atoms with Crippen molar-refractivity contribution in [1.82, 2.24) is 4.90 Å². The third kappa shape index (κ3) is 3.59. The van der Waals surface area contributed by atoms with Crippen LogP contribution in [0.5, 0.6) is 17.2 Å². The van der Waals surface area contributed by atoms with Gasteiger partial charge in [0, 0.05) is 12.6 Å². The molecule has 0 aromatic heterocycles. The first-order valence-electron chi connectivity index (χ1n) is 10.2. The second kappa shape index (κ2) is 7.39. The van der Waals surface area contributed by atoms with Crippen molar-refractivity contribution in [2.24, 2.45) is 0 Å². The van der Waals surface area contributed by atoms with Gasteiger partial charge >= 0.3 is 0 Å². The third-order valence-corrected chi connectivity index (χ3v) is 7.84. The molecular weight excluding hydrogens is 418 g/mol. The summed E-state index contributed by atoms with van der Waals surface area (Å²) in [4.78, 5) is 15.1. The fourth-order valence-corrected chi connectivity index (χ4v) is 6.16. The molecule has 8 heteroatoms. The van der Waals surface area contributed by atoms with Crippen LogP contribution in [-0.4, -0.2) is 50.5 Å². The molecule has 2 aromatic carbocycles. The predicted molar refractivity (Wildman–Crippen MR) is 115 cm³/mol. The first-order valence-corrected chi connectivity index (χ1v) is 12.0. The van der Waals surface area contributed by atoms with Crippen molar-refractivity contribution >= 4 is 21.7 Å². The molecule has 7 nitrogen and oxygen atoms in total. The lowest BCUT2D eigenvalue weighted by atomic mass is 9.98. The number of sulfone groups is 1. The molecule has 0 saturated carbocycles. The number of ether oxygens (including phenoxy) is 3. The summed E-state index contributed by atoms with van der Waals surface area (Å²) in [6.07, 6.45) is 2.32. The average Bonchev–Trinajstić information content (AvgIpc) is 3.28. The molecule has 3 heterocycles. The van der Waals surface area contributed by atoms with E-state index in [0.29, 0.717) is 36.8 Å². The van der Waals surface area contributed by atoms with Crippen LogP contribution in [0, 0.1) is 6.92 Å². The Hall–Kier alpha value is -2.84. The molecule has 0 radical (unpaired) electrons. The lowest BCUT2D eigenvalue weighted by Gasteiger charge is -2.33. The summed E-state index contributed by atoms with van der Waals surface area (Å²) in [5, 5.41) is 0. The van der Waals surface area contributed by atoms with E-state index in [1.165, 1.54) is 0 Å². The van der Waals surface area contributed by atoms with Gasteiger partial charge in [-0.3, -0.25) is 9.69 Å². The highest BCUT2D eigenvalue weighted by Gasteiger charge is 2.39. The summed E-state index contributed by atoms with van der Waals surface area (Å²) in [5.41, 5.74) is 2.97. The van der Waals surface area contributed by atoms with Crippen molar-refractivity contribution < 1.29 is 27.4 Å². The lowest BCUT2D eigenvalue weighted by Crippen LogP contribution is -2.41. The van der Waals surface area contributed by atoms with Crippen LogP contribution in [-0.2, 0) is 16.4 Å². The van der Waals surface area contributed by atoms with Crippen molar-refractivity contribution in [3.8, 4) is 17.2 Å². The van der Waals surface area contributed by atoms with E-state index < -0.39 is 9.84 Å². The molecule has 5 rings (SSSR count). The summed E-state index contributed by atoms with van der Waals surface area (Å²) in [5.74, 6) is 2.39. The Morgan fingerprint density at radius 2 is 2.00 bits per heavy atom. The second-order valence-electron chi connectivity index (χ2n) is 8.16. The van der Waals surface area contributed by atoms with Crippen LogP contribution in [0.25, 0.3) is 6.08 Å². The van der Waals surface area contributed by atoms with Crippen molar-refractivity contribution in [3.63, 3.8) is 0 Å². The molecule has 0 aliphatic carbocycles. The van der Waals surface area contributed by atoms with Gasteiger partial charge in [-0.15, -0.1) is 0 Å². The first-order chi connectivity index (χ1) is 14.8.